The smallest absolute Gasteiger partial charge is 0.294 e. The van der Waals surface area contributed by atoms with Crippen molar-refractivity contribution in [1.29, 1.82) is 0 Å². The fraction of sp³-hybridized carbons (Fsp3) is 0.350. The fourth-order valence-electron chi connectivity index (χ4n) is 7.22. The Morgan fingerprint density at radius 3 is 2.25 bits per heavy atom. The van der Waals surface area contributed by atoms with Gasteiger partial charge in [0.2, 0.25) is 11.6 Å². The lowest BCUT2D eigenvalue weighted by Crippen LogP contribution is -2.28. The van der Waals surface area contributed by atoms with Crippen LogP contribution in [0.25, 0.3) is 0 Å². The lowest BCUT2D eigenvalue weighted by atomic mass is 9.81. The molecule has 3 N–H and O–H groups in total. The Bertz CT molecular complexity index is 2230. The summed E-state index contributed by atoms with van der Waals surface area (Å²) in [5, 5.41) is 12.4. The maximum atomic E-state index is 12.4. The summed E-state index contributed by atoms with van der Waals surface area (Å²) in [7, 11) is -7.14. The van der Waals surface area contributed by atoms with E-state index in [1.807, 2.05) is 82.2 Å². The second-order valence-corrected chi connectivity index (χ2v) is 17.3. The van der Waals surface area contributed by atoms with Crippen LogP contribution in [0.1, 0.15) is 70.1 Å². The highest BCUT2D eigenvalue weighted by Crippen LogP contribution is 2.47. The number of nitrogens with zero attached hydrogens (tertiary/aromatic N) is 2. The van der Waals surface area contributed by atoms with Crippen LogP contribution in [0.5, 0.6) is 5.75 Å². The first kappa shape index (κ1) is 39.6. The second kappa shape index (κ2) is 15.4. The van der Waals surface area contributed by atoms with Crippen molar-refractivity contribution in [3.63, 3.8) is 0 Å². The maximum Gasteiger partial charge on any atom is 0.294 e. The Hall–Kier alpha value is -4.56. The number of allylic oxidation sites excluding steroid dienone is 6. The number of aromatic hydroxyl groups is 1. The van der Waals surface area contributed by atoms with E-state index in [1.165, 1.54) is 24.3 Å². The summed E-state index contributed by atoms with van der Waals surface area (Å²) in [6, 6.07) is 16.0. The molecule has 2 aliphatic rings. The summed E-state index contributed by atoms with van der Waals surface area (Å²) in [5.41, 5.74) is 5.06. The number of rotatable bonds is 14. The molecule has 3 aromatic rings. The van der Waals surface area contributed by atoms with E-state index < -0.39 is 31.1 Å². The summed E-state index contributed by atoms with van der Waals surface area (Å²) in [4.78, 5) is 13.9. The van der Waals surface area contributed by atoms with Crippen LogP contribution in [0.15, 0.2) is 107 Å². The van der Waals surface area contributed by atoms with E-state index in [1.54, 1.807) is 24.3 Å². The predicted molar refractivity (Wildman–Crippen MR) is 205 cm³/mol. The van der Waals surface area contributed by atoms with Crippen molar-refractivity contribution >= 4 is 43.2 Å². The van der Waals surface area contributed by atoms with E-state index in [9.17, 15) is 35.8 Å². The Kier molecular flexibility index (Phi) is 11.5. The fourth-order valence-corrected chi connectivity index (χ4v) is 8.22. The van der Waals surface area contributed by atoms with Gasteiger partial charge in [-0.15, -0.1) is 0 Å². The van der Waals surface area contributed by atoms with Gasteiger partial charge in [0.25, 0.3) is 10.1 Å². The van der Waals surface area contributed by atoms with Gasteiger partial charge in [0.15, 0.2) is 5.71 Å². The van der Waals surface area contributed by atoms with Crippen LogP contribution in [0.2, 0.25) is 0 Å². The van der Waals surface area contributed by atoms with Crippen molar-refractivity contribution in [2.24, 2.45) is 0 Å². The van der Waals surface area contributed by atoms with E-state index in [4.69, 9.17) is 0 Å². The van der Waals surface area contributed by atoms with Crippen LogP contribution in [-0.2, 0) is 42.3 Å². The van der Waals surface area contributed by atoms with Crippen molar-refractivity contribution in [3.8, 4) is 5.75 Å². The summed E-state index contributed by atoms with van der Waals surface area (Å²) in [6.45, 7) is 9.22. The van der Waals surface area contributed by atoms with E-state index in [0.717, 1.165) is 46.6 Å². The van der Waals surface area contributed by atoms with Crippen molar-refractivity contribution in [2.75, 3.05) is 25.0 Å². The Labute approximate surface area is 312 Å². The molecule has 0 radical (unpaired) electrons. The normalized spacial score (nSPS) is 17.3. The standard InChI is InChI=1S/C40H47N3O8S2/c1-39(2)32-21-19-31(53(49,50)51)27-35(32)42(5)36(39)12-8-6-9-13-37-40(3,4)33-26-30(52(46,47)48)20-22-34(33)43(37)25-11-7-10-14-38(45)41-24-23-28-15-17-29(44)18-16-28/h6,8-9,12-13,15-22,26-27H,7,10-11,14,23-25H2,1-5H3,(H3-,41,44,45,46,47,48,49,50,51). The number of phenols is 1. The van der Waals surface area contributed by atoms with E-state index in [2.05, 4.69) is 9.89 Å². The molecule has 0 atom stereocenters. The number of fused-ring (bicyclic) bond motifs is 2. The maximum absolute atomic E-state index is 12.4. The third-order valence-electron chi connectivity index (χ3n) is 10.1. The summed E-state index contributed by atoms with van der Waals surface area (Å²) in [6.07, 6.45) is 13.0. The minimum absolute atomic E-state index is 0.0151. The van der Waals surface area contributed by atoms with Gasteiger partial charge in [0, 0.05) is 60.9 Å². The Morgan fingerprint density at radius 1 is 0.868 bits per heavy atom. The Balaban J connectivity index is 1.28. The van der Waals surface area contributed by atoms with Crippen molar-refractivity contribution in [2.45, 2.75) is 80.4 Å². The van der Waals surface area contributed by atoms with Gasteiger partial charge in [-0.2, -0.15) is 13.0 Å². The molecule has 3 aromatic carbocycles. The second-order valence-electron chi connectivity index (χ2n) is 14.5. The molecule has 0 aliphatic carbocycles. The zero-order valence-corrected chi connectivity index (χ0v) is 32.3. The number of unbranched alkanes of at least 4 members (excludes halogenated alkanes) is 2. The third kappa shape index (κ3) is 8.81. The van der Waals surface area contributed by atoms with Crippen LogP contribution < -0.4 is 10.2 Å². The SMILES string of the molecule is CN1/C(=C/C=C/C=C/C2=[N+](CCCCCC(=O)NCCc3ccc(O)cc3)c3ccc(S(=O)(=O)[O-])cc3C2(C)C)C(C)(C)c2ccc(S(=O)(=O)O)cc21. The van der Waals surface area contributed by atoms with Gasteiger partial charge in [-0.3, -0.25) is 9.35 Å². The van der Waals surface area contributed by atoms with E-state index >= 15 is 0 Å². The molecule has 13 heteroatoms. The molecule has 0 saturated heterocycles. The largest absolute Gasteiger partial charge is 0.744 e. The minimum Gasteiger partial charge on any atom is -0.744 e. The van der Waals surface area contributed by atoms with E-state index in [-0.39, 0.29) is 21.4 Å². The van der Waals surface area contributed by atoms with Crippen LogP contribution >= 0.6 is 0 Å². The monoisotopic (exact) mass is 761 g/mol. The molecule has 0 fully saturated rings. The number of likely N-dealkylation sites (N-methyl/N-ethyl adjacent to an activating group) is 1. The summed E-state index contributed by atoms with van der Waals surface area (Å²) >= 11 is 0. The zero-order chi connectivity index (χ0) is 38.8. The number of hydrogen-bond acceptors (Lipinski definition) is 8. The molecule has 0 spiro atoms. The molecular weight excluding hydrogens is 715 g/mol. The van der Waals surface area contributed by atoms with Gasteiger partial charge in [0.05, 0.1) is 15.2 Å². The zero-order valence-electron chi connectivity index (χ0n) is 30.7. The average Bonchev–Trinajstić information content (AvgIpc) is 3.41. The molecule has 5 rings (SSSR count). The number of anilines is 1. The van der Waals surface area contributed by atoms with E-state index in [0.29, 0.717) is 38.0 Å². The van der Waals surface area contributed by atoms with Gasteiger partial charge < -0.3 is 19.9 Å². The van der Waals surface area contributed by atoms with Gasteiger partial charge >= 0.3 is 0 Å². The predicted octanol–water partition coefficient (Wildman–Crippen LogP) is 6.26. The average molecular weight is 762 g/mol. The Morgan fingerprint density at radius 2 is 1.57 bits per heavy atom. The molecule has 282 valence electrons. The molecule has 11 nitrogen and oxygen atoms in total. The molecule has 0 unspecified atom stereocenters. The number of phenolic OH excluding ortho intramolecular Hbond substituents is 1. The molecule has 2 aliphatic heterocycles. The molecule has 0 aromatic heterocycles. The number of amides is 1. The summed E-state index contributed by atoms with van der Waals surface area (Å²) < 4.78 is 71.0. The molecule has 0 bridgehead atoms. The minimum atomic E-state index is -4.65. The first-order valence-electron chi connectivity index (χ1n) is 17.5. The lowest BCUT2D eigenvalue weighted by Gasteiger charge is -2.23. The number of nitrogens with one attached hydrogen (secondary N) is 1. The molecule has 0 saturated carbocycles. The highest BCUT2D eigenvalue weighted by atomic mass is 32.2. The van der Waals surface area contributed by atoms with Crippen molar-refractivity contribution in [1.82, 2.24) is 5.32 Å². The summed E-state index contributed by atoms with van der Waals surface area (Å²) in [5.74, 6) is 0.191. The van der Waals surface area contributed by atoms with Crippen LogP contribution in [0.3, 0.4) is 0 Å². The van der Waals surface area contributed by atoms with Crippen LogP contribution in [0, 0.1) is 0 Å². The van der Waals surface area contributed by atoms with Gasteiger partial charge in [-0.05, 0) is 86.7 Å². The van der Waals surface area contributed by atoms with Crippen molar-refractivity contribution in [3.05, 3.63) is 113 Å². The molecular formula is C40H47N3O8S2. The van der Waals surface area contributed by atoms with Crippen LogP contribution in [-0.4, -0.2) is 67.4 Å². The van der Waals surface area contributed by atoms with Gasteiger partial charge in [-0.25, -0.2) is 8.42 Å². The molecule has 2 heterocycles. The first-order valence-corrected chi connectivity index (χ1v) is 20.4. The number of hydrogen-bond donors (Lipinski definition) is 3. The van der Waals surface area contributed by atoms with Gasteiger partial charge in [0.1, 0.15) is 22.4 Å². The number of benzene rings is 3. The topological polar surface area (TPSA) is 167 Å². The lowest BCUT2D eigenvalue weighted by molar-refractivity contribution is -0.438. The highest BCUT2D eigenvalue weighted by Gasteiger charge is 2.44. The third-order valence-corrected chi connectivity index (χ3v) is 11.8. The first-order chi connectivity index (χ1) is 24.8. The molecule has 1 amide bonds. The number of carbonyl (C=O) groups is 1. The van der Waals surface area contributed by atoms with Crippen LogP contribution in [0.4, 0.5) is 11.4 Å². The molecule has 53 heavy (non-hydrogen) atoms. The quantitative estimate of drug-likeness (QED) is 0.0744. The highest BCUT2D eigenvalue weighted by molar-refractivity contribution is 7.86. The van der Waals surface area contributed by atoms with Crippen molar-refractivity contribution < 1.29 is 40.4 Å². The van der Waals surface area contributed by atoms with Gasteiger partial charge in [-0.1, -0.05) is 50.3 Å². The number of carbonyl (C=O) groups excluding carboxylic acids is 1.